The Bertz CT molecular complexity index is 1630. The summed E-state index contributed by atoms with van der Waals surface area (Å²) in [4.78, 5) is 22.1. The molecule has 0 unspecified atom stereocenters. The Morgan fingerprint density at radius 2 is 1.76 bits per heavy atom. The molecule has 1 saturated heterocycles. The number of allylic oxidation sites excluding steroid dienone is 1. The minimum atomic E-state index is -0.0541. The molecule has 0 aliphatic carbocycles. The van der Waals surface area contributed by atoms with Crippen molar-refractivity contribution in [1.29, 1.82) is 0 Å². The zero-order chi connectivity index (χ0) is 26.4. The molecule has 1 aliphatic heterocycles. The number of fused-ring (bicyclic) bond motifs is 2. The smallest absolute Gasteiger partial charge is 0.181 e. The van der Waals surface area contributed by atoms with Gasteiger partial charge < -0.3 is 20.1 Å². The monoisotopic (exact) mass is 507 g/mol. The summed E-state index contributed by atoms with van der Waals surface area (Å²) in [5.41, 5.74) is 7.30. The lowest BCUT2D eigenvalue weighted by Crippen LogP contribution is -2.44. The molecule has 38 heavy (non-hydrogen) atoms. The Labute approximate surface area is 222 Å². The van der Waals surface area contributed by atoms with Crippen molar-refractivity contribution in [2.75, 3.05) is 43.4 Å². The molecule has 9 nitrogen and oxygen atoms in total. The second-order valence-corrected chi connectivity index (χ2v) is 11.1. The van der Waals surface area contributed by atoms with Crippen LogP contribution in [-0.4, -0.2) is 68.3 Å². The van der Waals surface area contributed by atoms with Gasteiger partial charge in [0, 0.05) is 77.8 Å². The lowest BCUT2D eigenvalue weighted by Gasteiger charge is -2.33. The highest BCUT2D eigenvalue weighted by atomic mass is 15.3. The van der Waals surface area contributed by atoms with Crippen LogP contribution in [0.1, 0.15) is 20.8 Å². The molecule has 6 rings (SSSR count). The van der Waals surface area contributed by atoms with Crippen molar-refractivity contribution in [1.82, 2.24) is 35.0 Å². The average Bonchev–Trinajstić information content (AvgIpc) is 3.52. The summed E-state index contributed by atoms with van der Waals surface area (Å²) in [6.07, 6.45) is 7.38. The van der Waals surface area contributed by atoms with E-state index < -0.39 is 0 Å². The third-order valence-corrected chi connectivity index (χ3v) is 7.28. The normalized spacial score (nSPS) is 14.9. The van der Waals surface area contributed by atoms with Gasteiger partial charge >= 0.3 is 0 Å². The summed E-state index contributed by atoms with van der Waals surface area (Å²) >= 11 is 0. The maximum Gasteiger partial charge on any atom is 0.181 e. The Kier molecular flexibility index (Phi) is 5.87. The van der Waals surface area contributed by atoms with Gasteiger partial charge in [-0.05, 0) is 31.3 Å². The first-order valence-electron chi connectivity index (χ1n) is 12.9. The fraction of sp³-hybridized carbons (Fsp3) is 0.310. The lowest BCUT2D eigenvalue weighted by molar-refractivity contribution is 0.312. The highest BCUT2D eigenvalue weighted by Gasteiger charge is 2.20. The SMILES string of the molecule is C=C(Nc1cncc(-c2cnc3n[nH]c(-c4cc5c(N6CCN(C)CC6)nccc5[nH]4)c3c2)c1)C(C)(C)C. The molecule has 0 saturated carbocycles. The molecule has 194 valence electrons. The summed E-state index contributed by atoms with van der Waals surface area (Å²) in [5.74, 6) is 1.02. The van der Waals surface area contributed by atoms with Gasteiger partial charge in [-0.1, -0.05) is 27.4 Å². The molecule has 0 amide bonds. The van der Waals surface area contributed by atoms with E-state index in [-0.39, 0.29) is 5.41 Å². The van der Waals surface area contributed by atoms with Crippen LogP contribution in [0.2, 0.25) is 0 Å². The number of piperazine rings is 1. The van der Waals surface area contributed by atoms with Gasteiger partial charge in [0.1, 0.15) is 5.82 Å². The van der Waals surface area contributed by atoms with Gasteiger partial charge in [0.15, 0.2) is 5.65 Å². The summed E-state index contributed by atoms with van der Waals surface area (Å²) in [7, 11) is 2.16. The number of rotatable bonds is 5. The van der Waals surface area contributed by atoms with E-state index in [1.807, 2.05) is 30.9 Å². The van der Waals surface area contributed by atoms with E-state index in [1.54, 1.807) is 0 Å². The second kappa shape index (κ2) is 9.25. The molecule has 5 aromatic heterocycles. The van der Waals surface area contributed by atoms with Crippen molar-refractivity contribution in [3.63, 3.8) is 0 Å². The molecule has 0 atom stereocenters. The number of nitrogens with one attached hydrogen (secondary N) is 3. The van der Waals surface area contributed by atoms with Crippen molar-refractivity contribution in [2.24, 2.45) is 5.41 Å². The van der Waals surface area contributed by atoms with Crippen LogP contribution >= 0.6 is 0 Å². The molecule has 0 radical (unpaired) electrons. The van der Waals surface area contributed by atoms with E-state index in [0.717, 1.165) is 82.2 Å². The first-order chi connectivity index (χ1) is 18.3. The Hall–Kier alpha value is -4.24. The van der Waals surface area contributed by atoms with Crippen molar-refractivity contribution >= 4 is 33.4 Å². The van der Waals surface area contributed by atoms with E-state index in [9.17, 15) is 0 Å². The van der Waals surface area contributed by atoms with Crippen LogP contribution in [0.4, 0.5) is 11.5 Å². The predicted molar refractivity (Wildman–Crippen MR) is 154 cm³/mol. The van der Waals surface area contributed by atoms with E-state index in [2.05, 4.69) is 92.9 Å². The number of hydrogen-bond donors (Lipinski definition) is 3. The molecular formula is C29H33N9. The van der Waals surface area contributed by atoms with E-state index in [0.29, 0.717) is 5.65 Å². The first kappa shape index (κ1) is 24.1. The van der Waals surface area contributed by atoms with Crippen LogP contribution in [0.5, 0.6) is 0 Å². The van der Waals surface area contributed by atoms with E-state index in [4.69, 9.17) is 4.98 Å². The zero-order valence-electron chi connectivity index (χ0n) is 22.3. The minimum absolute atomic E-state index is 0.0541. The summed E-state index contributed by atoms with van der Waals surface area (Å²) in [6.45, 7) is 14.6. The molecular weight excluding hydrogens is 474 g/mol. The number of likely N-dealkylation sites (N-methyl/N-ethyl adjacent to an activating group) is 1. The van der Waals surface area contributed by atoms with Crippen LogP contribution in [0.3, 0.4) is 0 Å². The molecule has 1 aliphatic rings. The van der Waals surface area contributed by atoms with Crippen molar-refractivity contribution in [2.45, 2.75) is 20.8 Å². The second-order valence-electron chi connectivity index (χ2n) is 11.1. The molecule has 0 aromatic carbocycles. The van der Waals surface area contributed by atoms with Crippen LogP contribution in [0.15, 0.2) is 61.3 Å². The molecule has 9 heteroatoms. The van der Waals surface area contributed by atoms with Gasteiger partial charge in [-0.2, -0.15) is 5.10 Å². The van der Waals surface area contributed by atoms with Gasteiger partial charge in [0.25, 0.3) is 0 Å². The standard InChI is InChI=1S/C29H33N9/c1-18(29(2,3)4)33-21-12-19(15-30-17-21)20-13-23-26(35-36-27(23)32-16-20)25-14-22-24(34-25)6-7-31-28(22)38-10-8-37(5)9-11-38/h6-7,12-17,33-34H,1,8-11H2,2-5H3,(H,32,35,36). The van der Waals surface area contributed by atoms with Crippen molar-refractivity contribution in [3.8, 4) is 22.5 Å². The molecule has 0 bridgehead atoms. The van der Waals surface area contributed by atoms with Crippen LogP contribution in [-0.2, 0) is 0 Å². The van der Waals surface area contributed by atoms with Gasteiger partial charge in [-0.25, -0.2) is 9.97 Å². The van der Waals surface area contributed by atoms with Crippen molar-refractivity contribution < 1.29 is 0 Å². The quantitative estimate of drug-likeness (QED) is 0.297. The highest BCUT2D eigenvalue weighted by Crippen LogP contribution is 2.34. The van der Waals surface area contributed by atoms with Gasteiger partial charge in [-0.15, -0.1) is 0 Å². The number of aromatic nitrogens is 6. The highest BCUT2D eigenvalue weighted by molar-refractivity contribution is 5.99. The fourth-order valence-electron chi connectivity index (χ4n) is 4.73. The molecule has 6 heterocycles. The van der Waals surface area contributed by atoms with Gasteiger partial charge in [0.05, 0.1) is 28.8 Å². The van der Waals surface area contributed by atoms with Gasteiger partial charge in [-0.3, -0.25) is 10.1 Å². The predicted octanol–water partition coefficient (Wildman–Crippen LogP) is 5.29. The Morgan fingerprint density at radius 1 is 0.974 bits per heavy atom. The summed E-state index contributed by atoms with van der Waals surface area (Å²) in [5, 5.41) is 13.1. The number of hydrogen-bond acceptors (Lipinski definition) is 7. The number of H-pyrrole nitrogens is 2. The fourth-order valence-corrected chi connectivity index (χ4v) is 4.73. The minimum Gasteiger partial charge on any atom is -0.358 e. The largest absolute Gasteiger partial charge is 0.358 e. The Balaban J connectivity index is 1.35. The molecule has 3 N–H and O–H groups in total. The van der Waals surface area contributed by atoms with Gasteiger partial charge in [0.2, 0.25) is 0 Å². The first-order valence-corrected chi connectivity index (χ1v) is 12.9. The number of pyridine rings is 3. The zero-order valence-corrected chi connectivity index (χ0v) is 22.3. The van der Waals surface area contributed by atoms with Crippen LogP contribution in [0.25, 0.3) is 44.5 Å². The molecule has 5 aromatic rings. The third kappa shape index (κ3) is 4.50. The van der Waals surface area contributed by atoms with Crippen LogP contribution < -0.4 is 10.2 Å². The lowest BCUT2D eigenvalue weighted by atomic mass is 9.93. The number of aromatic amines is 2. The van der Waals surface area contributed by atoms with Crippen LogP contribution in [0, 0.1) is 5.41 Å². The maximum absolute atomic E-state index is 4.74. The third-order valence-electron chi connectivity index (χ3n) is 7.28. The Morgan fingerprint density at radius 3 is 2.55 bits per heavy atom. The summed E-state index contributed by atoms with van der Waals surface area (Å²) in [6, 6.07) is 8.38. The molecule has 1 fully saturated rings. The number of nitrogens with zero attached hydrogens (tertiary/aromatic N) is 6. The maximum atomic E-state index is 4.74. The van der Waals surface area contributed by atoms with Crippen molar-refractivity contribution in [3.05, 3.63) is 61.3 Å². The average molecular weight is 508 g/mol. The topological polar surface area (TPSA) is 102 Å². The molecule has 0 spiro atoms. The van der Waals surface area contributed by atoms with E-state index >= 15 is 0 Å². The van der Waals surface area contributed by atoms with E-state index in [1.165, 1.54) is 0 Å². The summed E-state index contributed by atoms with van der Waals surface area (Å²) < 4.78 is 0. The number of anilines is 2.